The number of halogens is 1. The summed E-state index contributed by atoms with van der Waals surface area (Å²) >= 11 is 5.64. The van der Waals surface area contributed by atoms with Gasteiger partial charge in [-0.2, -0.15) is 9.97 Å². The summed E-state index contributed by atoms with van der Waals surface area (Å²) in [5.41, 5.74) is 5.69. The maximum absolute atomic E-state index is 5.64. The number of rotatable bonds is 2. The minimum Gasteiger partial charge on any atom is -0.479 e. The van der Waals surface area contributed by atoms with Gasteiger partial charge in [0.05, 0.1) is 14.2 Å². The number of methoxy groups -OCH3 is 2. The molecule has 66 valence electrons. The predicted molar refractivity (Wildman–Crippen MR) is 44.6 cm³/mol. The third-order valence-corrected chi connectivity index (χ3v) is 1.51. The lowest BCUT2D eigenvalue weighted by atomic mass is 10.5. The van der Waals surface area contributed by atoms with Crippen molar-refractivity contribution in [3.8, 4) is 11.9 Å². The Bertz CT molecular complexity index is 292. The molecule has 0 amide bonds. The first-order chi connectivity index (χ1) is 5.69. The van der Waals surface area contributed by atoms with Gasteiger partial charge in [0, 0.05) is 0 Å². The molecular formula is C6H8ClN3O2. The van der Waals surface area contributed by atoms with E-state index in [1.165, 1.54) is 14.2 Å². The largest absolute Gasteiger partial charge is 0.479 e. The summed E-state index contributed by atoms with van der Waals surface area (Å²) in [6, 6.07) is 0.131. The van der Waals surface area contributed by atoms with Crippen LogP contribution in [-0.2, 0) is 0 Å². The fourth-order valence-corrected chi connectivity index (χ4v) is 0.805. The molecule has 2 N–H and O–H groups in total. The minimum atomic E-state index is 0.124. The van der Waals surface area contributed by atoms with E-state index in [-0.39, 0.29) is 22.7 Å². The van der Waals surface area contributed by atoms with Crippen LogP contribution in [0.2, 0.25) is 5.15 Å². The Balaban J connectivity index is 3.19. The van der Waals surface area contributed by atoms with E-state index < -0.39 is 0 Å². The fourth-order valence-electron chi connectivity index (χ4n) is 0.651. The van der Waals surface area contributed by atoms with Crippen LogP contribution < -0.4 is 15.2 Å². The molecule has 0 spiro atoms. The Kier molecular flexibility index (Phi) is 2.54. The first kappa shape index (κ1) is 8.86. The third-order valence-electron chi connectivity index (χ3n) is 1.22. The normalized spacial score (nSPS) is 9.58. The van der Waals surface area contributed by atoms with Crippen molar-refractivity contribution in [1.82, 2.24) is 9.97 Å². The summed E-state index contributed by atoms with van der Waals surface area (Å²) < 4.78 is 9.58. The van der Waals surface area contributed by atoms with E-state index in [4.69, 9.17) is 26.8 Å². The molecule has 12 heavy (non-hydrogen) atoms. The van der Waals surface area contributed by atoms with Crippen LogP contribution in [0, 0.1) is 0 Å². The number of hydrogen-bond donors (Lipinski definition) is 1. The highest BCUT2D eigenvalue weighted by atomic mass is 35.5. The van der Waals surface area contributed by atoms with Crippen LogP contribution in [0.25, 0.3) is 0 Å². The highest BCUT2D eigenvalue weighted by molar-refractivity contribution is 6.32. The van der Waals surface area contributed by atoms with Crippen LogP contribution in [0.15, 0.2) is 0 Å². The number of hydrogen-bond acceptors (Lipinski definition) is 5. The quantitative estimate of drug-likeness (QED) is 0.695. The SMILES string of the molecule is COc1nc(Cl)c(N)c(OC)n1. The molecule has 1 aromatic rings. The van der Waals surface area contributed by atoms with E-state index in [2.05, 4.69) is 9.97 Å². The first-order valence-corrected chi connectivity index (χ1v) is 3.47. The van der Waals surface area contributed by atoms with Gasteiger partial charge in [-0.05, 0) is 0 Å². The zero-order chi connectivity index (χ0) is 9.14. The molecule has 5 nitrogen and oxygen atoms in total. The van der Waals surface area contributed by atoms with E-state index >= 15 is 0 Å². The maximum atomic E-state index is 5.64. The minimum absolute atomic E-state index is 0.124. The van der Waals surface area contributed by atoms with Crippen molar-refractivity contribution >= 4 is 17.3 Å². The van der Waals surface area contributed by atoms with Crippen LogP contribution in [0.3, 0.4) is 0 Å². The topological polar surface area (TPSA) is 70.3 Å². The second-order valence-corrected chi connectivity index (χ2v) is 2.28. The van der Waals surface area contributed by atoms with E-state index in [0.717, 1.165) is 0 Å². The van der Waals surface area contributed by atoms with E-state index in [1.54, 1.807) is 0 Å². The summed E-state index contributed by atoms with van der Waals surface area (Å²) in [4.78, 5) is 7.53. The van der Waals surface area contributed by atoms with Gasteiger partial charge in [-0.25, -0.2) is 0 Å². The average molecular weight is 190 g/mol. The molecule has 0 aliphatic heterocycles. The van der Waals surface area contributed by atoms with E-state index in [9.17, 15) is 0 Å². The van der Waals surface area contributed by atoms with E-state index in [0.29, 0.717) is 0 Å². The third kappa shape index (κ3) is 1.50. The van der Waals surface area contributed by atoms with Crippen molar-refractivity contribution in [2.24, 2.45) is 0 Å². The van der Waals surface area contributed by atoms with Gasteiger partial charge in [-0.15, -0.1) is 0 Å². The Morgan fingerprint density at radius 1 is 1.25 bits per heavy atom. The van der Waals surface area contributed by atoms with Crippen molar-refractivity contribution < 1.29 is 9.47 Å². The number of nitrogens with two attached hydrogens (primary N) is 1. The van der Waals surface area contributed by atoms with Gasteiger partial charge >= 0.3 is 6.01 Å². The molecule has 0 saturated heterocycles. The zero-order valence-electron chi connectivity index (χ0n) is 6.67. The lowest BCUT2D eigenvalue weighted by molar-refractivity contribution is 0.353. The summed E-state index contributed by atoms with van der Waals surface area (Å²) in [5.74, 6) is 0.215. The summed E-state index contributed by atoms with van der Waals surface area (Å²) in [6.45, 7) is 0. The molecule has 1 rings (SSSR count). The average Bonchev–Trinajstić information content (AvgIpc) is 2.09. The highest BCUT2D eigenvalue weighted by Crippen LogP contribution is 2.27. The summed E-state index contributed by atoms with van der Waals surface area (Å²) in [7, 11) is 2.87. The van der Waals surface area contributed by atoms with Crippen molar-refractivity contribution in [3.05, 3.63) is 5.15 Å². The molecule has 6 heteroatoms. The monoisotopic (exact) mass is 189 g/mol. The van der Waals surface area contributed by atoms with Crippen LogP contribution in [0.5, 0.6) is 11.9 Å². The van der Waals surface area contributed by atoms with Gasteiger partial charge in [0.2, 0.25) is 5.88 Å². The van der Waals surface area contributed by atoms with Gasteiger partial charge in [0.25, 0.3) is 0 Å². The predicted octanol–water partition coefficient (Wildman–Crippen LogP) is 0.729. The lowest BCUT2D eigenvalue weighted by Crippen LogP contribution is -2.01. The van der Waals surface area contributed by atoms with Crippen LogP contribution >= 0.6 is 11.6 Å². The number of nitrogen functional groups attached to an aromatic ring is 1. The zero-order valence-corrected chi connectivity index (χ0v) is 7.42. The standard InChI is InChI=1S/C6H8ClN3O2/c1-11-5-3(8)4(7)9-6(10-5)12-2/h8H2,1-2H3. The molecular weight excluding hydrogens is 182 g/mol. The smallest absolute Gasteiger partial charge is 0.321 e. The van der Waals surface area contributed by atoms with Crippen LogP contribution in [0.4, 0.5) is 5.69 Å². The molecule has 0 radical (unpaired) electrons. The molecule has 0 saturated carbocycles. The number of nitrogens with zero attached hydrogens (tertiary/aromatic N) is 2. The second kappa shape index (κ2) is 3.44. The van der Waals surface area contributed by atoms with Gasteiger partial charge in [0.1, 0.15) is 5.69 Å². The molecule has 1 aromatic heterocycles. The van der Waals surface area contributed by atoms with Crippen LogP contribution in [-0.4, -0.2) is 24.2 Å². The molecule has 0 unspecified atom stereocenters. The van der Waals surface area contributed by atoms with Gasteiger partial charge in [-0.3, -0.25) is 0 Å². The first-order valence-electron chi connectivity index (χ1n) is 3.10. The Morgan fingerprint density at radius 3 is 2.42 bits per heavy atom. The van der Waals surface area contributed by atoms with Crippen molar-refractivity contribution in [2.45, 2.75) is 0 Å². The fraction of sp³-hybridized carbons (Fsp3) is 0.333. The van der Waals surface area contributed by atoms with E-state index in [1.807, 2.05) is 0 Å². The number of anilines is 1. The molecule has 0 aromatic carbocycles. The Morgan fingerprint density at radius 2 is 1.92 bits per heavy atom. The summed E-state index contributed by atoms with van der Waals surface area (Å²) in [6.07, 6.45) is 0. The number of ether oxygens (including phenoxy) is 2. The van der Waals surface area contributed by atoms with Crippen molar-refractivity contribution in [2.75, 3.05) is 20.0 Å². The van der Waals surface area contributed by atoms with Gasteiger partial charge in [0.15, 0.2) is 5.15 Å². The lowest BCUT2D eigenvalue weighted by Gasteiger charge is -2.05. The Labute approximate surface area is 74.5 Å². The molecule has 0 bridgehead atoms. The molecule has 0 aliphatic carbocycles. The molecule has 1 heterocycles. The van der Waals surface area contributed by atoms with Crippen molar-refractivity contribution in [3.63, 3.8) is 0 Å². The highest BCUT2D eigenvalue weighted by Gasteiger charge is 2.09. The van der Waals surface area contributed by atoms with Crippen LogP contribution in [0.1, 0.15) is 0 Å². The van der Waals surface area contributed by atoms with Gasteiger partial charge in [-0.1, -0.05) is 11.6 Å². The van der Waals surface area contributed by atoms with Gasteiger partial charge < -0.3 is 15.2 Å². The molecule has 0 atom stereocenters. The molecule has 0 aliphatic rings. The number of aromatic nitrogens is 2. The molecule has 0 fully saturated rings. The van der Waals surface area contributed by atoms with Crippen molar-refractivity contribution in [1.29, 1.82) is 0 Å². The maximum Gasteiger partial charge on any atom is 0.321 e. The Hall–Kier alpha value is -1.23. The summed E-state index contributed by atoms with van der Waals surface area (Å²) in [5, 5.41) is 0.124. The second-order valence-electron chi connectivity index (χ2n) is 1.92.